The van der Waals surface area contributed by atoms with Gasteiger partial charge in [0.15, 0.2) is 0 Å². The summed E-state index contributed by atoms with van der Waals surface area (Å²) in [6, 6.07) is 7.62. The van der Waals surface area contributed by atoms with Crippen LogP contribution in [0.2, 0.25) is 0 Å². The minimum atomic E-state index is -0.463. The zero-order valence-electron chi connectivity index (χ0n) is 27.5. The van der Waals surface area contributed by atoms with Crippen molar-refractivity contribution in [3.8, 4) is 0 Å². The van der Waals surface area contributed by atoms with Crippen molar-refractivity contribution in [3.63, 3.8) is 0 Å². The standard InChI is InChI=1S/C35H41N7O5/c1-22(38-32-7-6-26(16-37-32)40-18-27(45)19-40)12-25(17-39(5)21-43)28-8-9-36-33(29(28)20-47-23(2)44)42-11-10-41-30(34(42)46)13-24-14-35(3,4)15-31(24)41/h6-9,12-13,16-17,21,27,45H,10-11,14-15,18-20H2,1-5H3,(H,37,38)/b22-12+,25-17+. The zero-order chi connectivity index (χ0) is 33.5. The Balaban J connectivity index is 1.33. The van der Waals surface area contributed by atoms with Gasteiger partial charge in [-0.3, -0.25) is 19.3 Å². The first-order valence-corrected chi connectivity index (χ1v) is 15.8. The van der Waals surface area contributed by atoms with Crippen LogP contribution in [0, 0.1) is 5.41 Å². The summed E-state index contributed by atoms with van der Waals surface area (Å²) in [4.78, 5) is 52.0. The van der Waals surface area contributed by atoms with Crippen LogP contribution in [0.4, 0.5) is 17.3 Å². The molecule has 1 saturated heterocycles. The summed E-state index contributed by atoms with van der Waals surface area (Å²) in [5, 5.41) is 12.9. The topological polar surface area (TPSA) is 133 Å². The fourth-order valence-corrected chi connectivity index (χ4v) is 6.63. The van der Waals surface area contributed by atoms with Crippen molar-refractivity contribution in [2.75, 3.05) is 41.8 Å². The molecule has 2 amide bonds. The van der Waals surface area contributed by atoms with Gasteiger partial charge in [0.25, 0.3) is 5.91 Å². The molecule has 47 heavy (non-hydrogen) atoms. The number of amides is 2. The first-order valence-electron chi connectivity index (χ1n) is 15.8. The number of pyridine rings is 2. The molecule has 0 aromatic carbocycles. The van der Waals surface area contributed by atoms with Crippen LogP contribution in [0.3, 0.4) is 0 Å². The highest BCUT2D eigenvalue weighted by Crippen LogP contribution is 2.40. The molecule has 0 unspecified atom stereocenters. The number of carbonyl (C=O) groups is 3. The predicted molar refractivity (Wildman–Crippen MR) is 179 cm³/mol. The molecule has 246 valence electrons. The molecule has 1 aliphatic carbocycles. The number of ether oxygens (including phenoxy) is 1. The van der Waals surface area contributed by atoms with E-state index < -0.39 is 5.97 Å². The van der Waals surface area contributed by atoms with Crippen molar-refractivity contribution < 1.29 is 24.2 Å². The van der Waals surface area contributed by atoms with Crippen LogP contribution < -0.4 is 15.1 Å². The Morgan fingerprint density at radius 1 is 1.17 bits per heavy atom. The minimum absolute atomic E-state index is 0.111. The van der Waals surface area contributed by atoms with Crippen molar-refractivity contribution in [3.05, 3.63) is 82.7 Å². The first kappa shape index (κ1) is 32.0. The summed E-state index contributed by atoms with van der Waals surface area (Å²) >= 11 is 0. The van der Waals surface area contributed by atoms with E-state index >= 15 is 0 Å². The van der Waals surface area contributed by atoms with Crippen molar-refractivity contribution in [2.24, 2.45) is 5.41 Å². The molecule has 2 aliphatic heterocycles. The largest absolute Gasteiger partial charge is 0.461 e. The Bertz CT molecular complexity index is 1770. The normalized spacial score (nSPS) is 17.6. The Hall–Kier alpha value is -4.97. The average Bonchev–Trinajstić information content (AvgIpc) is 3.50. The lowest BCUT2D eigenvalue weighted by Gasteiger charge is -2.37. The molecule has 0 radical (unpaired) electrons. The molecule has 1 fully saturated rings. The highest BCUT2D eigenvalue weighted by molar-refractivity contribution is 6.06. The van der Waals surface area contributed by atoms with E-state index in [1.165, 1.54) is 23.1 Å². The van der Waals surface area contributed by atoms with Gasteiger partial charge in [-0.15, -0.1) is 0 Å². The number of anilines is 3. The second kappa shape index (κ2) is 12.7. The molecule has 3 aliphatic rings. The lowest BCUT2D eigenvalue weighted by atomic mass is 9.90. The summed E-state index contributed by atoms with van der Waals surface area (Å²) < 4.78 is 7.66. The van der Waals surface area contributed by atoms with Gasteiger partial charge in [-0.1, -0.05) is 13.8 Å². The lowest BCUT2D eigenvalue weighted by Crippen LogP contribution is -2.50. The number of hydrogen-bond acceptors (Lipinski definition) is 9. The average molecular weight is 640 g/mol. The van der Waals surface area contributed by atoms with Crippen LogP contribution in [0.5, 0.6) is 0 Å². The van der Waals surface area contributed by atoms with Crippen LogP contribution in [-0.4, -0.2) is 75.6 Å². The second-order valence-electron chi connectivity index (χ2n) is 13.3. The molecule has 0 atom stereocenters. The van der Waals surface area contributed by atoms with Crippen LogP contribution in [0.15, 0.2) is 54.6 Å². The molecule has 5 heterocycles. The summed E-state index contributed by atoms with van der Waals surface area (Å²) in [6.07, 6.45) is 9.18. The molecule has 0 bridgehead atoms. The quantitative estimate of drug-likeness (QED) is 0.193. The van der Waals surface area contributed by atoms with Crippen molar-refractivity contribution in [2.45, 2.75) is 59.8 Å². The molecule has 0 saturated carbocycles. The Labute approximate surface area is 274 Å². The number of carbonyl (C=O) groups excluding carboxylic acids is 3. The van der Waals surface area contributed by atoms with Crippen LogP contribution in [0.25, 0.3) is 5.57 Å². The molecule has 6 rings (SSSR count). The SMILES string of the molecule is CC(=O)OCc1c(C(/C=C(\C)Nc2ccc(N3CC(O)C3)cn2)=C/N(C)C=O)ccnc1N1CCn2c(cc3c2CC(C)(C)C3)C1=O. The first-order chi connectivity index (χ1) is 22.4. The van der Waals surface area contributed by atoms with E-state index in [4.69, 9.17) is 4.74 Å². The fraction of sp³-hybridized carbons (Fsp3) is 0.400. The molecule has 3 aromatic heterocycles. The number of aliphatic hydroxyl groups is 1. The molecule has 2 N–H and O–H groups in total. The van der Waals surface area contributed by atoms with Gasteiger partial charge in [-0.25, -0.2) is 9.97 Å². The molecule has 3 aromatic rings. The van der Waals surface area contributed by atoms with Gasteiger partial charge in [0.1, 0.15) is 23.9 Å². The highest BCUT2D eigenvalue weighted by Gasteiger charge is 2.37. The Morgan fingerprint density at radius 2 is 1.96 bits per heavy atom. The number of hydrogen-bond donors (Lipinski definition) is 2. The Kier molecular flexibility index (Phi) is 8.63. The zero-order valence-corrected chi connectivity index (χ0v) is 27.5. The van der Waals surface area contributed by atoms with Crippen molar-refractivity contribution >= 4 is 41.2 Å². The maximum Gasteiger partial charge on any atom is 0.302 e. The smallest absolute Gasteiger partial charge is 0.302 e. The van der Waals surface area contributed by atoms with Crippen molar-refractivity contribution in [1.29, 1.82) is 0 Å². The number of rotatable bonds is 10. The van der Waals surface area contributed by atoms with Gasteiger partial charge in [0.05, 0.1) is 18.0 Å². The summed E-state index contributed by atoms with van der Waals surface area (Å²) in [5.41, 5.74) is 6.79. The van der Waals surface area contributed by atoms with Gasteiger partial charge >= 0.3 is 5.97 Å². The Morgan fingerprint density at radius 3 is 2.64 bits per heavy atom. The second-order valence-corrected chi connectivity index (χ2v) is 13.3. The third-order valence-electron chi connectivity index (χ3n) is 8.83. The third-order valence-corrected chi connectivity index (χ3v) is 8.83. The van der Waals surface area contributed by atoms with Gasteiger partial charge in [-0.2, -0.15) is 0 Å². The molecular formula is C35H41N7O5. The monoisotopic (exact) mass is 639 g/mol. The van der Waals surface area contributed by atoms with Gasteiger partial charge in [-0.05, 0) is 66.6 Å². The third kappa shape index (κ3) is 6.64. The number of allylic oxidation sites excluding steroid dienone is 3. The van der Waals surface area contributed by atoms with Crippen LogP contribution in [0.1, 0.15) is 60.6 Å². The number of nitrogens with zero attached hydrogens (tertiary/aromatic N) is 6. The van der Waals surface area contributed by atoms with Crippen LogP contribution >= 0.6 is 0 Å². The minimum Gasteiger partial charge on any atom is -0.461 e. The maximum atomic E-state index is 14.0. The predicted octanol–water partition coefficient (Wildman–Crippen LogP) is 3.75. The number of fused-ring (bicyclic) bond motifs is 3. The van der Waals surface area contributed by atoms with Gasteiger partial charge in [0.2, 0.25) is 6.41 Å². The molecule has 0 spiro atoms. The summed E-state index contributed by atoms with van der Waals surface area (Å²) in [5.74, 6) is 0.423. The molecule has 12 heteroatoms. The number of esters is 1. The van der Waals surface area contributed by atoms with Crippen molar-refractivity contribution in [1.82, 2.24) is 19.4 Å². The highest BCUT2D eigenvalue weighted by atomic mass is 16.5. The van der Waals surface area contributed by atoms with E-state index in [-0.39, 0.29) is 24.0 Å². The number of aliphatic hydroxyl groups excluding tert-OH is 1. The lowest BCUT2D eigenvalue weighted by molar-refractivity contribution is -0.142. The molecule has 12 nitrogen and oxygen atoms in total. The van der Waals surface area contributed by atoms with Crippen LogP contribution in [-0.2, 0) is 40.3 Å². The maximum absolute atomic E-state index is 14.0. The van der Waals surface area contributed by atoms with E-state index in [1.807, 2.05) is 36.1 Å². The molecular weight excluding hydrogens is 598 g/mol. The van der Waals surface area contributed by atoms with E-state index in [0.29, 0.717) is 66.6 Å². The van der Waals surface area contributed by atoms with E-state index in [9.17, 15) is 19.5 Å². The van der Waals surface area contributed by atoms with Gasteiger partial charge in [0, 0.05) is 75.1 Å². The van der Waals surface area contributed by atoms with E-state index in [0.717, 1.165) is 24.2 Å². The number of nitrogens with one attached hydrogen (secondary N) is 1. The van der Waals surface area contributed by atoms with Gasteiger partial charge < -0.3 is 29.5 Å². The van der Waals surface area contributed by atoms with E-state index in [1.54, 1.807) is 36.6 Å². The number of β-amino-alcohol motifs (C(OH)–C–C–N with tert-alkyl or cyclic N) is 1. The fourth-order valence-electron chi connectivity index (χ4n) is 6.63. The number of aromatic nitrogens is 3. The summed E-state index contributed by atoms with van der Waals surface area (Å²) in [7, 11) is 1.63. The van der Waals surface area contributed by atoms with E-state index in [2.05, 4.69) is 33.7 Å². The summed E-state index contributed by atoms with van der Waals surface area (Å²) in [6.45, 7) is 9.84.